The van der Waals surface area contributed by atoms with Gasteiger partial charge in [0.1, 0.15) is 22.3 Å². The Morgan fingerprint density at radius 2 is 0.701 bits per heavy atom. The molecule has 0 N–H and O–H groups in total. The Bertz CT molecular complexity index is 2780. The number of ketones is 1. The summed E-state index contributed by atoms with van der Waals surface area (Å²) in [6.07, 6.45) is -20.3. The van der Waals surface area contributed by atoms with E-state index in [1.807, 2.05) is 78.9 Å². The van der Waals surface area contributed by atoms with E-state index in [1.54, 1.807) is 6.26 Å². The quantitative estimate of drug-likeness (QED) is 0.0500. The van der Waals surface area contributed by atoms with Crippen molar-refractivity contribution in [3.8, 4) is 0 Å². The third-order valence-electron chi connectivity index (χ3n) is 11.7. The van der Waals surface area contributed by atoms with Crippen molar-refractivity contribution in [1.29, 1.82) is 0 Å². The van der Waals surface area contributed by atoms with Crippen molar-refractivity contribution in [3.63, 3.8) is 0 Å². The van der Waals surface area contributed by atoms with E-state index in [2.05, 4.69) is 6.07 Å². The summed E-state index contributed by atoms with van der Waals surface area (Å²) in [4.78, 5) is 14.0. The van der Waals surface area contributed by atoms with Crippen molar-refractivity contribution in [1.82, 2.24) is 0 Å². The summed E-state index contributed by atoms with van der Waals surface area (Å²) in [5, 5.41) is 3.88. The van der Waals surface area contributed by atoms with E-state index in [0.717, 1.165) is 75.0 Å². The molecule has 0 spiro atoms. The molecule has 67 heavy (non-hydrogen) atoms. The molecule has 0 radical (unpaired) electrons. The third-order valence-corrected chi connectivity index (χ3v) is 13.7. The number of alkyl halides is 12. The molecule has 0 heterocycles. The van der Waals surface area contributed by atoms with E-state index >= 15 is 0 Å². The number of carbonyl (C=O) groups is 1. The molecule has 0 aromatic heterocycles. The molecule has 8 rings (SSSR count). The molecule has 16 heteroatoms. The summed E-state index contributed by atoms with van der Waals surface area (Å²) in [5.41, 5.74) is -3.62. The van der Waals surface area contributed by atoms with Crippen molar-refractivity contribution >= 4 is 65.3 Å². The maximum absolute atomic E-state index is 13.3. The summed E-state index contributed by atoms with van der Waals surface area (Å²) < 4.78 is 173. The van der Waals surface area contributed by atoms with Crippen molar-refractivity contribution in [2.24, 2.45) is 0 Å². The second kappa shape index (κ2) is 18.2. The topological polar surface area (TPSA) is 34.1 Å². The minimum atomic E-state index is -4.77. The van der Waals surface area contributed by atoms with E-state index in [9.17, 15) is 61.7 Å². The zero-order valence-corrected chi connectivity index (χ0v) is 35.7. The minimum Gasteiger partial charge on any atom is -0.289 e. The summed E-state index contributed by atoms with van der Waals surface area (Å²) in [6, 6.07) is 40.7. The smallest absolute Gasteiger partial charge is 0.289 e. The van der Waals surface area contributed by atoms with E-state index < -0.39 is 63.0 Å². The highest BCUT2D eigenvalue weighted by Gasteiger charge is 2.38. The molecule has 0 aliphatic rings. The highest BCUT2D eigenvalue weighted by Crippen LogP contribution is 2.34. The van der Waals surface area contributed by atoms with Gasteiger partial charge < -0.3 is 0 Å². The Morgan fingerprint density at radius 1 is 0.418 bits per heavy atom. The van der Waals surface area contributed by atoms with E-state index in [-0.39, 0.29) is 33.4 Å². The van der Waals surface area contributed by atoms with E-state index in [0.29, 0.717) is 54.1 Å². The van der Waals surface area contributed by atoms with Gasteiger partial charge in [-0.1, -0.05) is 168 Å². The highest BCUT2D eigenvalue weighted by molar-refractivity contribution is 8.03. The van der Waals surface area contributed by atoms with Gasteiger partial charge in [0, 0.05) is 5.56 Å². The zero-order valence-electron chi connectivity index (χ0n) is 34.9. The predicted molar refractivity (Wildman–Crippen MR) is 239 cm³/mol. The molecule has 0 bridgehead atoms. The van der Waals surface area contributed by atoms with Gasteiger partial charge >= 0.3 is 24.7 Å². The maximum atomic E-state index is 13.3. The van der Waals surface area contributed by atoms with Gasteiger partial charge in [-0.2, -0.15) is 74.5 Å². The largest absolute Gasteiger partial charge is 0.416 e. The number of hydrogen-bond acceptors (Lipinski definition) is 2. The van der Waals surface area contributed by atoms with Crippen LogP contribution in [0.15, 0.2) is 187 Å². The molecule has 0 amide bonds. The molecule has 0 aliphatic carbocycles. The van der Waals surface area contributed by atoms with Crippen LogP contribution in [0.1, 0.15) is 32.6 Å². The fourth-order valence-electron chi connectivity index (χ4n) is 8.43. The van der Waals surface area contributed by atoms with Gasteiger partial charge in [0.15, 0.2) is 10.6 Å². The van der Waals surface area contributed by atoms with Crippen LogP contribution in [0.2, 0.25) is 0 Å². The second-order valence-electron chi connectivity index (χ2n) is 15.9. The molecule has 2 nitrogen and oxygen atoms in total. The van der Waals surface area contributed by atoms with Crippen LogP contribution in [0.3, 0.4) is 0 Å². The van der Waals surface area contributed by atoms with Crippen LogP contribution in [0, 0.1) is 0 Å². The summed E-state index contributed by atoms with van der Waals surface area (Å²) in [7, 11) is -2.44. The molecule has 1 atom stereocenters. The lowest BCUT2D eigenvalue weighted by molar-refractivity contribution is -0.138. The maximum Gasteiger partial charge on any atom is 0.416 e. The molecule has 8 aromatic carbocycles. The SMILES string of the molecule is C[S+](=O)(CC(=O)c1c2ccccc2cc2ccccc12)c1ccccc1.FC(F)(F)c1ccc([B-](c2ccc(C(F)(F)F)cc2)(c2ccc(C(F)(F)F)cc2)c2ccc(C(F)(F)F)cc2)cc1. The van der Waals surface area contributed by atoms with Gasteiger partial charge in [-0.05, 0) is 39.7 Å². The lowest BCUT2D eigenvalue weighted by Crippen LogP contribution is -2.74. The first-order valence-electron chi connectivity index (χ1n) is 20.2. The fraction of sp³-hybridized carbons (Fsp3) is 0.118. The average molecular weight is 951 g/mol. The van der Waals surface area contributed by atoms with Gasteiger partial charge in [0.2, 0.25) is 5.78 Å². The Morgan fingerprint density at radius 3 is 1.00 bits per heavy atom. The first-order chi connectivity index (χ1) is 31.4. The first kappa shape index (κ1) is 48.3. The number of halogens is 12. The molecule has 1 unspecified atom stereocenters. The number of fused-ring (bicyclic) bond motifs is 2. The van der Waals surface area contributed by atoms with Crippen LogP contribution >= 0.6 is 0 Å². The van der Waals surface area contributed by atoms with Crippen molar-refractivity contribution < 1.29 is 61.7 Å². The van der Waals surface area contributed by atoms with Crippen LogP contribution in [-0.4, -0.2) is 23.9 Å². The number of Topliss-reactive ketones (excluding diaryl/α,β-unsaturated/α-hetero) is 1. The van der Waals surface area contributed by atoms with Crippen LogP contribution in [0.4, 0.5) is 52.7 Å². The highest BCUT2D eigenvalue weighted by atomic mass is 32.2. The normalized spacial score (nSPS) is 13.4. The van der Waals surface area contributed by atoms with Crippen molar-refractivity contribution in [2.45, 2.75) is 29.6 Å². The predicted octanol–water partition coefficient (Wildman–Crippen LogP) is 12.5. The van der Waals surface area contributed by atoms with E-state index in [1.165, 1.54) is 0 Å². The van der Waals surface area contributed by atoms with Crippen molar-refractivity contribution in [2.75, 3.05) is 12.0 Å². The number of carbonyl (C=O) groups excluding carboxylic acids is 1. The number of hydrogen-bond donors (Lipinski definition) is 0. The number of rotatable bonds is 8. The van der Waals surface area contributed by atoms with Crippen LogP contribution < -0.4 is 21.9 Å². The molecule has 344 valence electrons. The summed E-state index contributed by atoms with van der Waals surface area (Å²) >= 11 is 0. The van der Waals surface area contributed by atoms with E-state index in [4.69, 9.17) is 0 Å². The molecular formula is C51H35BF12O2S. The number of benzene rings is 8. The molecular weight excluding hydrogens is 915 g/mol. The van der Waals surface area contributed by atoms with Crippen LogP contribution in [0.25, 0.3) is 21.5 Å². The van der Waals surface area contributed by atoms with Crippen LogP contribution in [0.5, 0.6) is 0 Å². The summed E-state index contributed by atoms with van der Waals surface area (Å²) in [6.45, 7) is 0. The molecule has 0 fully saturated rings. The van der Waals surface area contributed by atoms with Crippen LogP contribution in [-0.2, 0) is 38.8 Å². The van der Waals surface area contributed by atoms with Gasteiger partial charge in [-0.25, -0.2) is 0 Å². The third kappa shape index (κ3) is 10.2. The van der Waals surface area contributed by atoms with Gasteiger partial charge in [-0.3, -0.25) is 4.79 Å². The first-order valence-corrected chi connectivity index (χ1v) is 22.4. The Labute approximate surface area is 377 Å². The standard InChI is InChI=1S/C28H16BF12.C23H19O2S/c30-25(31,32)17-1-9-21(10-2-17)29(22-11-3-18(4-12-22)26(33,34)35,23-13-5-19(6-14-23)27(36,37)38)24-15-7-20(8-16-24)28(39,40)41;1-26(25,19-11-3-2-4-12-19)16-22(24)23-20-13-7-5-9-17(20)15-18-10-6-8-14-21(18)23/h1-16H;2-15H,16H2,1H3/q-1;+1. The second-order valence-corrected chi connectivity index (χ2v) is 18.7. The molecule has 0 saturated heterocycles. The van der Waals surface area contributed by atoms with Crippen molar-refractivity contribution in [3.05, 3.63) is 210 Å². The Hall–Kier alpha value is -6.68. The fourth-order valence-corrected chi connectivity index (χ4v) is 9.97. The van der Waals surface area contributed by atoms with Gasteiger partial charge in [-0.15, -0.1) is 0 Å². The molecule has 8 aromatic rings. The molecule has 0 saturated carbocycles. The zero-order chi connectivity index (χ0) is 48.6. The van der Waals surface area contributed by atoms with Gasteiger partial charge in [0.25, 0.3) is 0 Å². The summed E-state index contributed by atoms with van der Waals surface area (Å²) in [5.74, 6) is -0.0657. The monoisotopic (exact) mass is 950 g/mol. The minimum absolute atomic E-state index is 0.00894. The lowest BCUT2D eigenvalue weighted by Gasteiger charge is -2.44. The Balaban J connectivity index is 0.000000219. The van der Waals surface area contributed by atoms with Gasteiger partial charge in [0.05, 0.1) is 22.3 Å². The Kier molecular flexibility index (Phi) is 13.1. The molecule has 0 aliphatic heterocycles. The lowest BCUT2D eigenvalue weighted by atomic mass is 9.13. The average Bonchev–Trinajstić information content (AvgIpc) is 3.28.